The van der Waals surface area contributed by atoms with Crippen LogP contribution in [0.25, 0.3) is 6.08 Å². The van der Waals surface area contributed by atoms with E-state index in [9.17, 15) is 9.90 Å². The molecular weight excluding hydrogens is 254 g/mol. The zero-order valence-electron chi connectivity index (χ0n) is 12.3. The van der Waals surface area contributed by atoms with Gasteiger partial charge in [-0.05, 0) is 36.6 Å². The van der Waals surface area contributed by atoms with Crippen LogP contribution in [0.15, 0.2) is 30.3 Å². The Morgan fingerprint density at radius 1 is 1.35 bits per heavy atom. The summed E-state index contributed by atoms with van der Waals surface area (Å²) in [5.41, 5.74) is 0.924. The fourth-order valence-electron chi connectivity index (χ4n) is 1.51. The fraction of sp³-hybridized carbons (Fsp3) is 0.438. The van der Waals surface area contributed by atoms with Gasteiger partial charge in [0.05, 0.1) is 12.7 Å². The minimum Gasteiger partial charge on any atom is -0.494 e. The number of aliphatic hydroxyl groups is 1. The van der Waals surface area contributed by atoms with Crippen LogP contribution < -0.4 is 10.1 Å². The number of rotatable bonds is 7. The number of aliphatic hydroxyl groups excluding tert-OH is 1. The number of amides is 1. The smallest absolute Gasteiger partial charge is 0.244 e. The molecule has 0 aliphatic carbocycles. The highest BCUT2D eigenvalue weighted by molar-refractivity contribution is 5.91. The summed E-state index contributed by atoms with van der Waals surface area (Å²) in [6, 6.07) is 7.50. The van der Waals surface area contributed by atoms with Crippen LogP contribution in [0.3, 0.4) is 0 Å². The van der Waals surface area contributed by atoms with Crippen LogP contribution in [-0.2, 0) is 4.79 Å². The van der Waals surface area contributed by atoms with Gasteiger partial charge in [-0.2, -0.15) is 0 Å². The summed E-state index contributed by atoms with van der Waals surface area (Å²) in [5, 5.41) is 12.3. The number of hydrogen-bond donors (Lipinski definition) is 2. The molecule has 1 amide bonds. The van der Waals surface area contributed by atoms with Crippen LogP contribution in [0.1, 0.15) is 26.3 Å². The van der Waals surface area contributed by atoms with E-state index >= 15 is 0 Å². The van der Waals surface area contributed by atoms with Crippen molar-refractivity contribution in [3.05, 3.63) is 35.9 Å². The molecular formula is C16H23NO3. The first-order valence-electron chi connectivity index (χ1n) is 6.89. The van der Waals surface area contributed by atoms with Gasteiger partial charge in [-0.15, -0.1) is 0 Å². The van der Waals surface area contributed by atoms with E-state index in [-0.39, 0.29) is 18.4 Å². The van der Waals surface area contributed by atoms with Crippen molar-refractivity contribution >= 4 is 12.0 Å². The third-order valence-corrected chi connectivity index (χ3v) is 2.87. The molecule has 1 aromatic rings. The van der Waals surface area contributed by atoms with Crippen molar-refractivity contribution < 1.29 is 14.6 Å². The predicted molar refractivity (Wildman–Crippen MR) is 80.5 cm³/mol. The standard InChI is InChI=1S/C16H23NO3/c1-4-20-14-8-5-13(6-9-14)7-10-16(19)17-11-15(18)12(2)3/h5-10,12,15,18H,4,11H2,1-3H3,(H,17,19)/b10-7+. The molecule has 20 heavy (non-hydrogen) atoms. The molecule has 4 nitrogen and oxygen atoms in total. The molecule has 0 saturated heterocycles. The van der Waals surface area contributed by atoms with Crippen molar-refractivity contribution in [3.63, 3.8) is 0 Å². The third-order valence-electron chi connectivity index (χ3n) is 2.87. The molecule has 1 unspecified atom stereocenters. The van der Waals surface area contributed by atoms with Gasteiger partial charge in [-0.1, -0.05) is 26.0 Å². The van der Waals surface area contributed by atoms with E-state index in [4.69, 9.17) is 4.74 Å². The van der Waals surface area contributed by atoms with E-state index in [1.807, 2.05) is 45.0 Å². The molecule has 1 atom stereocenters. The Bertz CT molecular complexity index is 438. The summed E-state index contributed by atoms with van der Waals surface area (Å²) in [7, 11) is 0. The maximum atomic E-state index is 11.6. The lowest BCUT2D eigenvalue weighted by molar-refractivity contribution is -0.117. The molecule has 0 bridgehead atoms. The van der Waals surface area contributed by atoms with Crippen LogP contribution in [0, 0.1) is 5.92 Å². The van der Waals surface area contributed by atoms with E-state index < -0.39 is 6.10 Å². The SMILES string of the molecule is CCOc1ccc(/C=C/C(=O)NCC(O)C(C)C)cc1. The predicted octanol–water partition coefficient (Wildman–Crippen LogP) is 2.23. The molecule has 0 heterocycles. The van der Waals surface area contributed by atoms with E-state index in [1.165, 1.54) is 6.08 Å². The van der Waals surface area contributed by atoms with Crippen molar-refractivity contribution in [1.82, 2.24) is 5.32 Å². The highest BCUT2D eigenvalue weighted by Crippen LogP contribution is 2.12. The summed E-state index contributed by atoms with van der Waals surface area (Å²) < 4.78 is 5.34. The molecule has 0 aromatic heterocycles. The Balaban J connectivity index is 2.44. The largest absolute Gasteiger partial charge is 0.494 e. The number of ether oxygens (including phenoxy) is 1. The Morgan fingerprint density at radius 3 is 2.55 bits per heavy atom. The molecule has 2 N–H and O–H groups in total. The van der Waals surface area contributed by atoms with Crippen molar-refractivity contribution in [2.45, 2.75) is 26.9 Å². The second-order valence-corrected chi connectivity index (χ2v) is 4.89. The zero-order chi connectivity index (χ0) is 15.0. The Kier molecular flexibility index (Phi) is 6.81. The Labute approximate surface area is 120 Å². The first-order valence-corrected chi connectivity index (χ1v) is 6.89. The van der Waals surface area contributed by atoms with E-state index in [0.29, 0.717) is 6.61 Å². The van der Waals surface area contributed by atoms with Crippen LogP contribution in [0.4, 0.5) is 0 Å². The summed E-state index contributed by atoms with van der Waals surface area (Å²) in [5.74, 6) is 0.734. The summed E-state index contributed by atoms with van der Waals surface area (Å²) in [4.78, 5) is 11.6. The molecule has 110 valence electrons. The average molecular weight is 277 g/mol. The van der Waals surface area contributed by atoms with E-state index in [2.05, 4.69) is 5.32 Å². The maximum absolute atomic E-state index is 11.6. The van der Waals surface area contributed by atoms with Gasteiger partial charge in [0.2, 0.25) is 5.91 Å². The van der Waals surface area contributed by atoms with Crippen molar-refractivity contribution in [3.8, 4) is 5.75 Å². The van der Waals surface area contributed by atoms with Gasteiger partial charge in [-0.3, -0.25) is 4.79 Å². The monoisotopic (exact) mass is 277 g/mol. The maximum Gasteiger partial charge on any atom is 0.244 e. The second-order valence-electron chi connectivity index (χ2n) is 4.89. The van der Waals surface area contributed by atoms with Crippen molar-refractivity contribution in [2.75, 3.05) is 13.2 Å². The van der Waals surface area contributed by atoms with Gasteiger partial charge in [-0.25, -0.2) is 0 Å². The van der Waals surface area contributed by atoms with Crippen molar-refractivity contribution in [1.29, 1.82) is 0 Å². The number of nitrogens with one attached hydrogen (secondary N) is 1. The van der Waals surface area contributed by atoms with Gasteiger partial charge >= 0.3 is 0 Å². The quantitative estimate of drug-likeness (QED) is 0.751. The summed E-state index contributed by atoms with van der Waals surface area (Å²) >= 11 is 0. The molecule has 1 rings (SSSR count). The fourth-order valence-corrected chi connectivity index (χ4v) is 1.51. The van der Waals surface area contributed by atoms with Gasteiger partial charge < -0.3 is 15.2 Å². The van der Waals surface area contributed by atoms with E-state index in [0.717, 1.165) is 11.3 Å². The van der Waals surface area contributed by atoms with Crippen LogP contribution >= 0.6 is 0 Å². The highest BCUT2D eigenvalue weighted by Gasteiger charge is 2.09. The minimum atomic E-state index is -0.516. The lowest BCUT2D eigenvalue weighted by Crippen LogP contribution is -2.33. The molecule has 0 spiro atoms. The lowest BCUT2D eigenvalue weighted by Gasteiger charge is -2.13. The number of carbonyl (C=O) groups excluding carboxylic acids is 1. The number of hydrogen-bond acceptors (Lipinski definition) is 3. The molecule has 0 fully saturated rings. The van der Waals surface area contributed by atoms with E-state index in [1.54, 1.807) is 6.08 Å². The third kappa shape index (κ3) is 5.89. The van der Waals surface area contributed by atoms with Crippen LogP contribution in [0.5, 0.6) is 5.75 Å². The molecule has 0 radical (unpaired) electrons. The number of carbonyl (C=O) groups is 1. The highest BCUT2D eigenvalue weighted by atomic mass is 16.5. The van der Waals surface area contributed by atoms with Crippen molar-refractivity contribution in [2.24, 2.45) is 5.92 Å². The molecule has 1 aromatic carbocycles. The van der Waals surface area contributed by atoms with Gasteiger partial charge in [0, 0.05) is 12.6 Å². The Hall–Kier alpha value is -1.81. The molecule has 0 aliphatic heterocycles. The first-order chi connectivity index (χ1) is 9.52. The van der Waals surface area contributed by atoms with Crippen LogP contribution in [0.2, 0.25) is 0 Å². The molecule has 0 saturated carbocycles. The lowest BCUT2D eigenvalue weighted by atomic mass is 10.1. The van der Waals surface area contributed by atoms with Crippen LogP contribution in [-0.4, -0.2) is 30.3 Å². The topological polar surface area (TPSA) is 58.6 Å². The minimum absolute atomic E-state index is 0.130. The average Bonchev–Trinajstić information content (AvgIpc) is 2.44. The number of benzene rings is 1. The second kappa shape index (κ2) is 8.38. The van der Waals surface area contributed by atoms with Gasteiger partial charge in [0.1, 0.15) is 5.75 Å². The Morgan fingerprint density at radius 2 is 2.00 bits per heavy atom. The summed E-state index contributed by atoms with van der Waals surface area (Å²) in [6.07, 6.45) is 2.67. The molecule has 4 heteroatoms. The summed E-state index contributed by atoms with van der Waals surface area (Å²) in [6.45, 7) is 6.66. The van der Waals surface area contributed by atoms with Gasteiger partial charge in [0.15, 0.2) is 0 Å². The first kappa shape index (κ1) is 16.2. The molecule has 0 aliphatic rings. The van der Waals surface area contributed by atoms with Gasteiger partial charge in [0.25, 0.3) is 0 Å². The normalized spacial score (nSPS) is 12.7. The zero-order valence-corrected chi connectivity index (χ0v) is 12.3.